The van der Waals surface area contributed by atoms with Crippen LogP contribution in [0.5, 0.6) is 0 Å². The van der Waals surface area contributed by atoms with E-state index in [1.807, 2.05) is 78.8 Å². The van der Waals surface area contributed by atoms with E-state index in [9.17, 15) is 58.6 Å². The van der Waals surface area contributed by atoms with Gasteiger partial charge < -0.3 is 63.0 Å². The van der Waals surface area contributed by atoms with Gasteiger partial charge in [-0.2, -0.15) is 0 Å². The number of hydrogen-bond acceptors (Lipinski definition) is 20. The topological polar surface area (TPSA) is 310 Å². The summed E-state index contributed by atoms with van der Waals surface area (Å²) >= 11 is 11.2. The number of ether oxygens (including phenoxy) is 7. The van der Waals surface area contributed by atoms with Crippen LogP contribution in [0.25, 0.3) is 0 Å². The van der Waals surface area contributed by atoms with Gasteiger partial charge in [0.15, 0.2) is 5.78 Å². The number of cyclic esters (lactones) is 2. The van der Waals surface area contributed by atoms with Crippen molar-refractivity contribution < 1.29 is 96.2 Å². The fourth-order valence-electron chi connectivity index (χ4n) is 16.5. The van der Waals surface area contributed by atoms with Crippen LogP contribution in [0.3, 0.4) is 0 Å². The lowest BCUT2D eigenvalue weighted by molar-refractivity contribution is -0.265. The fraction of sp³-hybridized carbons (Fsp3) is 0.771. The van der Waals surface area contributed by atoms with E-state index in [4.69, 9.17) is 60.9 Å². The van der Waals surface area contributed by atoms with Gasteiger partial charge in [0.25, 0.3) is 11.7 Å². The van der Waals surface area contributed by atoms with Crippen molar-refractivity contribution in [3.63, 3.8) is 0 Å². The zero-order valence-corrected chi connectivity index (χ0v) is 70.0. The summed E-state index contributed by atoms with van der Waals surface area (Å²) in [5.41, 5.74) is 2.05. The molecule has 0 aromatic rings. The first-order valence-corrected chi connectivity index (χ1v) is 42.8. The lowest BCUT2D eigenvalue weighted by atomic mass is 9.65. The molecule has 8 aliphatic rings. The van der Waals surface area contributed by atoms with Crippen molar-refractivity contribution in [1.82, 2.24) is 14.7 Å². The van der Waals surface area contributed by atoms with E-state index in [0.717, 1.165) is 50.6 Å². The Labute approximate surface area is 659 Å². The summed E-state index contributed by atoms with van der Waals surface area (Å²) < 4.78 is 60.2. The second-order valence-electron chi connectivity index (χ2n) is 32.8. The molecule has 23 nitrogen and oxygen atoms in total. The van der Waals surface area contributed by atoms with Gasteiger partial charge in [-0.1, -0.05) is 110 Å². The summed E-state index contributed by atoms with van der Waals surface area (Å²) in [7, 11) is 1.68. The van der Waals surface area contributed by atoms with Gasteiger partial charge in [0, 0.05) is 102 Å². The zero-order valence-electron chi connectivity index (χ0n) is 67.6. The number of esters is 3. The summed E-state index contributed by atoms with van der Waals surface area (Å²) in [6.45, 7) is 25.4. The van der Waals surface area contributed by atoms with E-state index in [1.54, 1.807) is 45.7 Å². The number of hydrogen-bond donors (Lipinski definition) is 5. The van der Waals surface area contributed by atoms with Crippen molar-refractivity contribution >= 4 is 72.0 Å². The van der Waals surface area contributed by atoms with Gasteiger partial charge in [0.1, 0.15) is 42.3 Å². The molecule has 5 heterocycles. The Morgan fingerprint density at radius 2 is 1.51 bits per heavy atom. The number of rotatable bonds is 17. The molecule has 8 rings (SSSR count). The third-order valence-corrected chi connectivity index (χ3v) is 26.4. The molecule has 2 bridgehead atoms. The van der Waals surface area contributed by atoms with E-state index < -0.39 is 103 Å². The van der Waals surface area contributed by atoms with Crippen LogP contribution in [0.4, 0.5) is 0 Å². The van der Waals surface area contributed by atoms with Crippen molar-refractivity contribution in [3.8, 4) is 0 Å². The van der Waals surface area contributed by atoms with E-state index in [1.165, 1.54) is 17.6 Å². The molecule has 4 saturated heterocycles. The predicted molar refractivity (Wildman–Crippen MR) is 420 cm³/mol. The molecule has 0 radical (unpaired) electrons. The molecular formula is C83H132Cl2N3O20P. The highest BCUT2D eigenvalue weighted by Gasteiger charge is 2.54. The van der Waals surface area contributed by atoms with Crippen molar-refractivity contribution in [2.24, 2.45) is 64.6 Å². The van der Waals surface area contributed by atoms with Crippen molar-refractivity contribution in [2.75, 3.05) is 65.9 Å². The molecule has 23 atom stereocenters. The number of methoxy groups -OCH3 is 3. The van der Waals surface area contributed by atoms with Gasteiger partial charge in [-0.05, 0) is 176 Å². The van der Waals surface area contributed by atoms with Gasteiger partial charge in [0.2, 0.25) is 5.79 Å². The molecule has 5 aliphatic heterocycles. The minimum atomic E-state index is -2.84. The van der Waals surface area contributed by atoms with E-state index in [-0.39, 0.29) is 91.3 Å². The number of nitrogens with zero attached hydrogens (tertiary/aromatic N) is 2. The largest absolute Gasteiger partial charge is 0.462 e. The van der Waals surface area contributed by atoms with Crippen molar-refractivity contribution in [2.45, 2.75) is 278 Å². The van der Waals surface area contributed by atoms with Crippen LogP contribution in [0, 0.1) is 64.6 Å². The summed E-state index contributed by atoms with van der Waals surface area (Å²) in [6.07, 6.45) is 21.7. The Morgan fingerprint density at radius 1 is 0.798 bits per heavy atom. The number of amides is 1. The molecule has 5 N–H and O–H groups in total. The number of halogens is 2. The Bertz CT molecular complexity index is 3220. The minimum Gasteiger partial charge on any atom is -0.462 e. The first-order chi connectivity index (χ1) is 51.6. The quantitative estimate of drug-likeness (QED) is 0.0226. The summed E-state index contributed by atoms with van der Waals surface area (Å²) in [5.74, 6) is -6.34. The predicted octanol–water partition coefficient (Wildman–Crippen LogP) is 12.7. The molecule has 0 aromatic carbocycles. The molecule has 0 spiro atoms. The Morgan fingerprint density at radius 3 is 2.16 bits per heavy atom. The third kappa shape index (κ3) is 26.6. The summed E-state index contributed by atoms with van der Waals surface area (Å²) in [4.78, 5) is 96.3. The maximum Gasteiger partial charge on any atom is 0.343 e. The van der Waals surface area contributed by atoms with E-state index >= 15 is 0 Å². The Kier molecular flexibility index (Phi) is 38.2. The Balaban J connectivity index is 0.000000342. The molecule has 1 unspecified atom stereocenters. The number of nitrogens with one attached hydrogen (secondary N) is 1. The summed E-state index contributed by atoms with van der Waals surface area (Å²) in [6, 6.07) is -1.14. The maximum absolute atomic E-state index is 14.4. The number of ketones is 3. The SMILES string of the molecule is CCC(C)(C)C(=O)O[C@H]1C[C@@H](C)C=C2C=C[C@H](C)[C@H](CC[C@@H]3C[C@@H](O)CC(=O)O3)[C@H]21.CO[C@H]1C[C@@H]2CC[C@@H](C)[C@@](O)(O2)C(=O)C(=O)N2CCCC[C@H]2C(=O)O[C@H]([C@H](C)C[C@@H]2CC[C@@H](O)[C@H](OC)C2)CC(=O)[C@H](C)/C=C(\C)[C@@H](O)[C@@H](OC)C(=O)[C@H](C)C[C@H](C)/C=C/C=CC=C1C.O=P1(N(CCCl)CCCl)NCCCO1. The van der Waals surface area contributed by atoms with Crippen molar-refractivity contribution in [3.05, 3.63) is 71.4 Å². The number of allylic oxidation sites excluding steroid dienone is 9. The molecule has 5 fully saturated rings. The van der Waals surface area contributed by atoms with Gasteiger partial charge in [-0.15, -0.1) is 23.2 Å². The maximum atomic E-state index is 14.4. The molecule has 1 saturated carbocycles. The number of piperidine rings is 1. The molecular weight excluding hydrogens is 1460 g/mol. The molecule has 3 aliphatic carbocycles. The average molecular weight is 1590 g/mol. The number of aliphatic hydroxyl groups excluding tert-OH is 3. The number of fused-ring (bicyclic) bond motifs is 4. The van der Waals surface area contributed by atoms with Crippen LogP contribution in [0.1, 0.15) is 205 Å². The smallest absolute Gasteiger partial charge is 0.343 e. The van der Waals surface area contributed by atoms with E-state index in [0.29, 0.717) is 119 Å². The van der Waals surface area contributed by atoms with Crippen LogP contribution in [0.2, 0.25) is 0 Å². The number of carbonyl (C=O) groups is 7. The lowest BCUT2D eigenvalue weighted by Gasteiger charge is -2.44. The first-order valence-electron chi connectivity index (χ1n) is 40.1. The van der Waals surface area contributed by atoms with Crippen LogP contribution in [0.15, 0.2) is 71.4 Å². The van der Waals surface area contributed by atoms with Crippen LogP contribution in [-0.2, 0) is 75.8 Å². The second kappa shape index (κ2) is 44.5. The lowest BCUT2D eigenvalue weighted by Crippen LogP contribution is -2.61. The molecule has 618 valence electrons. The normalized spacial score (nSPS) is 37.0. The van der Waals surface area contributed by atoms with Crippen molar-refractivity contribution in [1.29, 1.82) is 0 Å². The average Bonchev–Trinajstić information content (AvgIpc) is 0.840. The van der Waals surface area contributed by atoms with Gasteiger partial charge in [-0.3, -0.25) is 33.3 Å². The number of carbonyl (C=O) groups excluding carboxylic acids is 7. The van der Waals surface area contributed by atoms with Crippen LogP contribution < -0.4 is 5.09 Å². The zero-order chi connectivity index (χ0) is 80.7. The van der Waals surface area contributed by atoms with E-state index in [2.05, 4.69) is 37.2 Å². The third-order valence-electron chi connectivity index (χ3n) is 23.8. The fourth-order valence-corrected chi connectivity index (χ4v) is 19.1. The second-order valence-corrected chi connectivity index (χ2v) is 35.7. The summed E-state index contributed by atoms with van der Waals surface area (Å²) in [5, 5.41) is 46.7. The van der Waals surface area contributed by atoms with Gasteiger partial charge >= 0.3 is 25.6 Å². The van der Waals surface area contributed by atoms with Crippen LogP contribution >= 0.6 is 30.9 Å². The first kappa shape index (κ1) is 93.6. The van der Waals surface area contributed by atoms with Crippen LogP contribution in [-0.4, -0.2) is 210 Å². The van der Waals surface area contributed by atoms with Gasteiger partial charge in [0.05, 0.1) is 49.0 Å². The minimum absolute atomic E-state index is 0.0193. The molecule has 0 aromatic heterocycles. The highest BCUT2D eigenvalue weighted by Crippen LogP contribution is 2.49. The monoisotopic (exact) mass is 1590 g/mol. The highest BCUT2D eigenvalue weighted by atomic mass is 35.5. The number of Topliss-reactive ketones (excluding diaryl/α,β-unsaturated/α-hetero) is 3. The standard InChI is InChI=1S/C51H79NO13.C25H38O5.C7H15Cl2N2O2P/c1-30-16-12-11-13-17-31(2)42(61-8)28-38-21-19-36(7)51(60,65-38)48(57)49(58)52-23-15-14-18-39(52)50(59)64-43(33(4)26-37-20-22-40(53)44(27-37)62-9)29-41(54)32(3)25-35(6)46(56)47(63-10)45(55)34(5)24-30;1-6-25(4,5)24(28)30-21-12-15(2)11-17-8-7-16(3)20(23(17)21)10-9-19-13-18(26)14-22(27)29-19;8-2-5-11(6-3-9)14(12)10-4-1-7-13-14/h11-13,16-17,25,30,32-34,36-40,42-44,46-47,53,56,60H,14-15,18-24,26-29H2,1-10H3;7-8,11,15-16,18-21,23,26H,6,9-10,12-14H2,1-5H3;1-7H2,(H,10,12)/b13-11?,16-12+,31-17?,35-25+;;/t30-,32-,33-,34-,36-,37+,38+,39+,40-,42+,43+,44-,46-,47+,51-;15-,16-,18+,19+,20-,21-,23-;/m10./s1. The molecule has 109 heavy (non-hydrogen) atoms. The molecule has 1 amide bonds. The Hall–Kier alpha value is -4.30. The highest BCUT2D eigenvalue weighted by molar-refractivity contribution is 7.54. The van der Waals surface area contributed by atoms with Gasteiger partial charge in [-0.25, -0.2) is 14.6 Å². The number of aliphatic hydroxyl groups is 4. The molecule has 26 heteroatoms. The number of alkyl halides is 2.